The first kappa shape index (κ1) is 17.0. The fourth-order valence-corrected chi connectivity index (χ4v) is 3.08. The summed E-state index contributed by atoms with van der Waals surface area (Å²) in [6.45, 7) is 9.11. The van der Waals surface area contributed by atoms with Gasteiger partial charge in [0.15, 0.2) is 0 Å². The molecule has 25 heavy (non-hydrogen) atoms. The average Bonchev–Trinajstić information content (AvgIpc) is 2.91. The van der Waals surface area contributed by atoms with Gasteiger partial charge in [-0.05, 0) is 45.9 Å². The summed E-state index contributed by atoms with van der Waals surface area (Å²) in [4.78, 5) is 18.3. The minimum absolute atomic E-state index is 0.322. The van der Waals surface area contributed by atoms with E-state index in [0.29, 0.717) is 25.2 Å². The Labute approximate surface area is 147 Å². The number of nitrogens with zero attached hydrogens (tertiary/aromatic N) is 4. The van der Waals surface area contributed by atoms with Crippen molar-refractivity contribution in [2.45, 2.75) is 46.4 Å². The molecule has 0 fully saturated rings. The molecule has 2 aromatic heterocycles. The number of fused-ring (bicyclic) bond motifs is 1. The Morgan fingerprint density at radius 2 is 2.12 bits per heavy atom. The van der Waals surface area contributed by atoms with E-state index < -0.39 is 5.60 Å². The zero-order valence-corrected chi connectivity index (χ0v) is 15.0. The summed E-state index contributed by atoms with van der Waals surface area (Å²) in [5.74, 6) is 0. The third-order valence-electron chi connectivity index (χ3n) is 4.16. The fourth-order valence-electron chi connectivity index (χ4n) is 3.08. The van der Waals surface area contributed by atoms with Crippen molar-refractivity contribution in [1.82, 2.24) is 14.5 Å². The van der Waals surface area contributed by atoms with Gasteiger partial charge >= 0.3 is 6.09 Å². The van der Waals surface area contributed by atoms with Gasteiger partial charge in [-0.2, -0.15) is 5.26 Å². The second-order valence-electron chi connectivity index (χ2n) is 7.20. The molecule has 0 N–H and O–H groups in total. The Morgan fingerprint density at radius 1 is 1.36 bits per heavy atom. The Kier molecular flexibility index (Phi) is 4.25. The van der Waals surface area contributed by atoms with E-state index in [9.17, 15) is 10.1 Å². The Morgan fingerprint density at radius 3 is 2.76 bits per heavy atom. The normalized spacial score (nSPS) is 14.0. The van der Waals surface area contributed by atoms with Crippen molar-refractivity contribution in [2.24, 2.45) is 0 Å². The number of hydrogen-bond donors (Lipinski definition) is 0. The van der Waals surface area contributed by atoms with Crippen LogP contribution < -0.4 is 0 Å². The number of aromatic nitrogens is 2. The van der Waals surface area contributed by atoms with Crippen molar-refractivity contribution in [2.75, 3.05) is 6.54 Å². The smallest absolute Gasteiger partial charge is 0.410 e. The van der Waals surface area contributed by atoms with E-state index in [2.05, 4.69) is 15.6 Å². The van der Waals surface area contributed by atoms with Gasteiger partial charge in [0, 0.05) is 36.2 Å². The van der Waals surface area contributed by atoms with Crippen LogP contribution in [0.5, 0.6) is 0 Å². The molecule has 0 bridgehead atoms. The van der Waals surface area contributed by atoms with Crippen LogP contribution in [0.1, 0.15) is 37.7 Å². The Hall–Kier alpha value is -2.81. The maximum absolute atomic E-state index is 12.3. The molecular formula is C19H22N4O2. The van der Waals surface area contributed by atoms with E-state index in [-0.39, 0.29) is 6.09 Å². The van der Waals surface area contributed by atoms with Gasteiger partial charge in [0.05, 0.1) is 17.8 Å². The van der Waals surface area contributed by atoms with Crippen LogP contribution >= 0.6 is 0 Å². The van der Waals surface area contributed by atoms with Crippen LogP contribution in [-0.4, -0.2) is 32.7 Å². The van der Waals surface area contributed by atoms with Gasteiger partial charge in [-0.3, -0.25) is 4.98 Å². The number of rotatable bonds is 1. The third kappa shape index (κ3) is 3.36. The highest BCUT2D eigenvalue weighted by Gasteiger charge is 2.28. The lowest BCUT2D eigenvalue weighted by Gasteiger charge is -2.31. The number of aryl methyl sites for hydroxylation is 1. The molecule has 0 unspecified atom stereocenters. The number of carbonyl (C=O) groups excluding carboxylic acids is 1. The molecular weight excluding hydrogens is 316 g/mol. The number of amides is 1. The van der Waals surface area contributed by atoms with Crippen LogP contribution in [-0.2, 0) is 17.8 Å². The van der Waals surface area contributed by atoms with Gasteiger partial charge in [0.25, 0.3) is 0 Å². The van der Waals surface area contributed by atoms with Crippen molar-refractivity contribution in [1.29, 1.82) is 5.26 Å². The van der Waals surface area contributed by atoms with Gasteiger partial charge in [0.2, 0.25) is 0 Å². The molecule has 130 valence electrons. The summed E-state index contributed by atoms with van der Waals surface area (Å²) in [6.07, 6.45) is 1.42. The van der Waals surface area contributed by atoms with E-state index in [1.54, 1.807) is 11.1 Å². The highest BCUT2D eigenvalue weighted by Crippen LogP contribution is 2.31. The second-order valence-corrected chi connectivity index (χ2v) is 7.20. The molecule has 3 heterocycles. The molecule has 0 spiro atoms. The van der Waals surface area contributed by atoms with Gasteiger partial charge < -0.3 is 14.2 Å². The van der Waals surface area contributed by atoms with Gasteiger partial charge in [0.1, 0.15) is 11.7 Å². The Balaban J connectivity index is 1.95. The minimum atomic E-state index is -0.522. The van der Waals surface area contributed by atoms with E-state index in [1.165, 1.54) is 0 Å². The van der Waals surface area contributed by atoms with Crippen LogP contribution in [0.15, 0.2) is 24.4 Å². The van der Waals surface area contributed by atoms with Crippen molar-refractivity contribution < 1.29 is 9.53 Å². The van der Waals surface area contributed by atoms with Crippen molar-refractivity contribution in [3.63, 3.8) is 0 Å². The highest BCUT2D eigenvalue weighted by atomic mass is 16.6. The summed E-state index contributed by atoms with van der Waals surface area (Å²) < 4.78 is 7.58. The van der Waals surface area contributed by atoms with Crippen molar-refractivity contribution in [3.05, 3.63) is 41.3 Å². The molecule has 2 aromatic rings. The maximum Gasteiger partial charge on any atom is 0.410 e. The molecule has 0 aromatic carbocycles. The zero-order chi connectivity index (χ0) is 18.2. The van der Waals surface area contributed by atoms with Crippen LogP contribution in [0.25, 0.3) is 11.3 Å². The molecule has 0 saturated heterocycles. The molecule has 0 aliphatic carbocycles. The standard InChI is InChI=1S/C19H22N4O2/c1-13-16(6-5-7-21-13)17-14(11-20)10-15-12-22(8-9-23(15)17)18(24)25-19(2,3)4/h5-7,10H,8-9,12H2,1-4H3. The minimum Gasteiger partial charge on any atom is -0.444 e. The van der Waals surface area contributed by atoms with Gasteiger partial charge in [-0.1, -0.05) is 0 Å². The van der Waals surface area contributed by atoms with E-state index in [1.807, 2.05) is 45.9 Å². The molecule has 6 nitrogen and oxygen atoms in total. The van der Waals surface area contributed by atoms with Crippen LogP contribution in [0.3, 0.4) is 0 Å². The average molecular weight is 338 g/mol. The lowest BCUT2D eigenvalue weighted by molar-refractivity contribution is 0.0199. The quantitative estimate of drug-likeness (QED) is 0.798. The van der Waals surface area contributed by atoms with E-state index in [0.717, 1.165) is 22.6 Å². The maximum atomic E-state index is 12.3. The predicted molar refractivity (Wildman–Crippen MR) is 93.8 cm³/mol. The molecule has 0 atom stereocenters. The molecule has 1 amide bonds. The number of carbonyl (C=O) groups is 1. The molecule has 1 aliphatic heterocycles. The lowest BCUT2D eigenvalue weighted by atomic mass is 10.1. The molecule has 6 heteroatoms. The molecule has 0 radical (unpaired) electrons. The van der Waals surface area contributed by atoms with Gasteiger partial charge in [-0.15, -0.1) is 0 Å². The number of nitriles is 1. The summed E-state index contributed by atoms with van der Waals surface area (Å²) in [7, 11) is 0. The van der Waals surface area contributed by atoms with E-state index in [4.69, 9.17) is 4.74 Å². The highest BCUT2D eigenvalue weighted by molar-refractivity contribution is 5.72. The van der Waals surface area contributed by atoms with Crippen LogP contribution in [0, 0.1) is 18.3 Å². The van der Waals surface area contributed by atoms with E-state index >= 15 is 0 Å². The first-order valence-electron chi connectivity index (χ1n) is 8.32. The topological polar surface area (TPSA) is 71.2 Å². The molecule has 0 saturated carbocycles. The summed E-state index contributed by atoms with van der Waals surface area (Å²) >= 11 is 0. The monoisotopic (exact) mass is 338 g/mol. The predicted octanol–water partition coefficient (Wildman–Crippen LogP) is 3.48. The van der Waals surface area contributed by atoms with Crippen LogP contribution in [0.4, 0.5) is 4.79 Å². The number of pyridine rings is 1. The second kappa shape index (κ2) is 6.25. The van der Waals surface area contributed by atoms with Crippen molar-refractivity contribution >= 4 is 6.09 Å². The summed E-state index contributed by atoms with van der Waals surface area (Å²) in [5, 5.41) is 9.56. The summed E-state index contributed by atoms with van der Waals surface area (Å²) in [5.41, 5.74) is 3.74. The van der Waals surface area contributed by atoms with Gasteiger partial charge in [-0.25, -0.2) is 4.79 Å². The molecule has 3 rings (SSSR count). The first-order chi connectivity index (χ1) is 11.8. The zero-order valence-electron chi connectivity index (χ0n) is 15.0. The van der Waals surface area contributed by atoms with Crippen LogP contribution in [0.2, 0.25) is 0 Å². The summed E-state index contributed by atoms with van der Waals surface area (Å²) in [6, 6.07) is 7.99. The van der Waals surface area contributed by atoms with Crippen molar-refractivity contribution in [3.8, 4) is 17.3 Å². The fraction of sp³-hybridized carbons (Fsp3) is 0.421. The number of ether oxygens (including phenoxy) is 1. The first-order valence-corrected chi connectivity index (χ1v) is 8.32. The third-order valence-corrected chi connectivity index (χ3v) is 4.16. The lowest BCUT2D eigenvalue weighted by Crippen LogP contribution is -2.41. The SMILES string of the molecule is Cc1ncccc1-c1c(C#N)cc2n1CCN(C(=O)OC(C)(C)C)C2. The molecule has 1 aliphatic rings. The Bertz CT molecular complexity index is 855. The largest absolute Gasteiger partial charge is 0.444 e. The number of hydrogen-bond acceptors (Lipinski definition) is 4.